The highest BCUT2D eigenvalue weighted by Crippen LogP contribution is 2.09. The highest BCUT2D eigenvalue weighted by atomic mass is 16.5. The summed E-state index contributed by atoms with van der Waals surface area (Å²) in [5, 5.41) is 13.9. The van der Waals surface area contributed by atoms with E-state index >= 15 is 0 Å². The number of carboxylic acids is 1. The first kappa shape index (κ1) is 14.9. The van der Waals surface area contributed by atoms with Gasteiger partial charge in [-0.1, -0.05) is 0 Å². The van der Waals surface area contributed by atoms with Crippen LogP contribution in [-0.2, 0) is 4.74 Å². The number of pyridine rings is 1. The summed E-state index contributed by atoms with van der Waals surface area (Å²) in [6, 6.07) is 0.880. The van der Waals surface area contributed by atoms with Crippen molar-refractivity contribution in [3.8, 4) is 0 Å². The molecule has 1 heterocycles. The third-order valence-electron chi connectivity index (χ3n) is 2.47. The van der Waals surface area contributed by atoms with E-state index in [9.17, 15) is 9.59 Å². The molecule has 2 amide bonds. The number of hydrogen-bond acceptors (Lipinski definition) is 4. The number of ether oxygens (including phenoxy) is 1. The number of hydrogen-bond donors (Lipinski definition) is 3. The Kier molecular flexibility index (Phi) is 4.82. The Bertz CT molecular complexity index is 474. The zero-order valence-corrected chi connectivity index (χ0v) is 11.1. The number of nitrogens with one attached hydrogen (secondary N) is 2. The van der Waals surface area contributed by atoms with Gasteiger partial charge in [0.05, 0.1) is 23.0 Å². The number of aromatic carboxylic acids is 1. The summed E-state index contributed by atoms with van der Waals surface area (Å²) in [6.45, 7) is 3.99. The smallest absolute Gasteiger partial charge is 0.337 e. The molecule has 0 atom stereocenters. The molecule has 0 aliphatic carbocycles. The zero-order valence-electron chi connectivity index (χ0n) is 11.1. The number of amides is 2. The van der Waals surface area contributed by atoms with Crippen LogP contribution in [0, 0.1) is 0 Å². The number of carboxylic acid groups (broad SMARTS) is 1. The Hall–Kier alpha value is -2.15. The fraction of sp³-hybridized carbons (Fsp3) is 0.417. The van der Waals surface area contributed by atoms with E-state index in [0.717, 1.165) is 0 Å². The Labute approximate surface area is 111 Å². The van der Waals surface area contributed by atoms with Gasteiger partial charge in [0.15, 0.2) is 0 Å². The number of carbonyl (C=O) groups is 2. The maximum absolute atomic E-state index is 11.6. The molecule has 0 bridgehead atoms. The van der Waals surface area contributed by atoms with Crippen LogP contribution in [0.1, 0.15) is 24.2 Å². The lowest BCUT2D eigenvalue weighted by atomic mass is 10.1. The fourth-order valence-corrected chi connectivity index (χ4v) is 1.17. The standard InChI is InChI=1S/C12H17N3O4/c1-12(2,19-3)7-14-11(18)15-9-4-8(10(16)17)5-13-6-9/h4-6H,7H2,1-3H3,(H,16,17)(H2,14,15,18). The van der Waals surface area contributed by atoms with Gasteiger partial charge in [-0.05, 0) is 19.9 Å². The molecular formula is C12H17N3O4. The average molecular weight is 267 g/mol. The van der Waals surface area contributed by atoms with E-state index in [1.165, 1.54) is 18.5 Å². The molecule has 0 saturated heterocycles. The molecule has 3 N–H and O–H groups in total. The van der Waals surface area contributed by atoms with Gasteiger partial charge in [0.2, 0.25) is 0 Å². The fourth-order valence-electron chi connectivity index (χ4n) is 1.17. The molecule has 0 aliphatic rings. The quantitative estimate of drug-likeness (QED) is 0.747. The molecule has 0 aliphatic heterocycles. The maximum Gasteiger partial charge on any atom is 0.337 e. The van der Waals surface area contributed by atoms with E-state index in [1.54, 1.807) is 7.11 Å². The van der Waals surface area contributed by atoms with Crippen LogP contribution in [0.25, 0.3) is 0 Å². The summed E-state index contributed by atoms with van der Waals surface area (Å²) in [5.74, 6) is -1.10. The first-order valence-electron chi connectivity index (χ1n) is 5.62. The molecule has 7 nitrogen and oxygen atoms in total. The summed E-state index contributed by atoms with van der Waals surface area (Å²) in [5.41, 5.74) is -0.152. The molecule has 1 rings (SSSR count). The topological polar surface area (TPSA) is 101 Å². The van der Waals surface area contributed by atoms with Gasteiger partial charge in [0.25, 0.3) is 0 Å². The van der Waals surface area contributed by atoms with Gasteiger partial charge in [-0.25, -0.2) is 9.59 Å². The van der Waals surface area contributed by atoms with Gasteiger partial charge in [0, 0.05) is 19.9 Å². The number of urea groups is 1. The second-order valence-corrected chi connectivity index (χ2v) is 4.54. The Morgan fingerprint density at radius 3 is 2.68 bits per heavy atom. The molecular weight excluding hydrogens is 250 g/mol. The summed E-state index contributed by atoms with van der Waals surface area (Å²) >= 11 is 0. The molecule has 0 unspecified atom stereocenters. The zero-order chi connectivity index (χ0) is 14.5. The van der Waals surface area contributed by atoms with E-state index in [1.807, 2.05) is 13.8 Å². The van der Waals surface area contributed by atoms with Gasteiger partial charge in [-0.2, -0.15) is 0 Å². The lowest BCUT2D eigenvalue weighted by Gasteiger charge is -2.23. The van der Waals surface area contributed by atoms with E-state index in [0.29, 0.717) is 12.2 Å². The molecule has 104 valence electrons. The normalized spacial score (nSPS) is 10.9. The van der Waals surface area contributed by atoms with Crippen molar-refractivity contribution in [2.45, 2.75) is 19.4 Å². The Morgan fingerprint density at radius 2 is 2.11 bits per heavy atom. The number of rotatable bonds is 5. The van der Waals surface area contributed by atoms with Crippen LogP contribution < -0.4 is 10.6 Å². The molecule has 0 radical (unpaired) electrons. The minimum absolute atomic E-state index is 0.00928. The molecule has 0 aromatic carbocycles. The van der Waals surface area contributed by atoms with Crippen molar-refractivity contribution in [2.75, 3.05) is 19.0 Å². The van der Waals surface area contributed by atoms with E-state index in [2.05, 4.69) is 15.6 Å². The minimum Gasteiger partial charge on any atom is -0.478 e. The van der Waals surface area contributed by atoms with Crippen LogP contribution in [0.3, 0.4) is 0 Å². The van der Waals surface area contributed by atoms with E-state index < -0.39 is 17.6 Å². The first-order chi connectivity index (χ1) is 8.84. The molecule has 19 heavy (non-hydrogen) atoms. The second kappa shape index (κ2) is 6.14. The van der Waals surface area contributed by atoms with Crippen molar-refractivity contribution >= 4 is 17.7 Å². The first-order valence-corrected chi connectivity index (χ1v) is 5.62. The average Bonchev–Trinajstić information content (AvgIpc) is 2.37. The van der Waals surface area contributed by atoms with Crippen LogP contribution in [0.4, 0.5) is 10.5 Å². The number of aromatic nitrogens is 1. The monoisotopic (exact) mass is 267 g/mol. The van der Waals surface area contributed by atoms with Crippen molar-refractivity contribution in [3.05, 3.63) is 24.0 Å². The summed E-state index contributed by atoms with van der Waals surface area (Å²) in [7, 11) is 1.56. The van der Waals surface area contributed by atoms with Gasteiger partial charge < -0.3 is 20.5 Å². The predicted molar refractivity (Wildman–Crippen MR) is 69.3 cm³/mol. The van der Waals surface area contributed by atoms with Crippen molar-refractivity contribution < 1.29 is 19.4 Å². The van der Waals surface area contributed by atoms with Crippen molar-refractivity contribution in [1.29, 1.82) is 0 Å². The Morgan fingerprint density at radius 1 is 1.42 bits per heavy atom. The van der Waals surface area contributed by atoms with Gasteiger partial charge in [-0.15, -0.1) is 0 Å². The predicted octanol–water partition coefficient (Wildman–Crippen LogP) is 1.33. The van der Waals surface area contributed by atoms with Crippen LogP contribution in [-0.4, -0.2) is 41.3 Å². The molecule has 0 saturated carbocycles. The SMILES string of the molecule is COC(C)(C)CNC(=O)Nc1cncc(C(=O)O)c1. The van der Waals surface area contributed by atoms with Crippen molar-refractivity contribution in [3.63, 3.8) is 0 Å². The largest absolute Gasteiger partial charge is 0.478 e. The van der Waals surface area contributed by atoms with Crippen LogP contribution in [0.2, 0.25) is 0 Å². The van der Waals surface area contributed by atoms with Crippen molar-refractivity contribution in [2.24, 2.45) is 0 Å². The third-order valence-corrected chi connectivity index (χ3v) is 2.47. The van der Waals surface area contributed by atoms with Crippen molar-refractivity contribution in [1.82, 2.24) is 10.3 Å². The molecule has 7 heteroatoms. The highest BCUT2D eigenvalue weighted by molar-refractivity contribution is 5.92. The van der Waals surface area contributed by atoms with Gasteiger partial charge >= 0.3 is 12.0 Å². The van der Waals surface area contributed by atoms with Gasteiger partial charge in [0.1, 0.15) is 0 Å². The van der Waals surface area contributed by atoms with Crippen LogP contribution in [0.5, 0.6) is 0 Å². The molecule has 1 aromatic rings. The van der Waals surface area contributed by atoms with E-state index in [-0.39, 0.29) is 5.56 Å². The number of nitrogens with zero attached hydrogens (tertiary/aromatic N) is 1. The lowest BCUT2D eigenvalue weighted by molar-refractivity contribution is 0.0257. The number of anilines is 1. The Balaban J connectivity index is 2.58. The maximum atomic E-state index is 11.6. The van der Waals surface area contributed by atoms with Crippen LogP contribution in [0.15, 0.2) is 18.5 Å². The highest BCUT2D eigenvalue weighted by Gasteiger charge is 2.17. The third kappa shape index (κ3) is 4.92. The minimum atomic E-state index is -1.10. The lowest BCUT2D eigenvalue weighted by Crippen LogP contribution is -2.41. The number of carbonyl (C=O) groups excluding carboxylic acids is 1. The van der Waals surface area contributed by atoms with E-state index in [4.69, 9.17) is 9.84 Å². The molecule has 1 aromatic heterocycles. The molecule has 0 spiro atoms. The molecule has 0 fully saturated rings. The van der Waals surface area contributed by atoms with Crippen LogP contribution >= 0.6 is 0 Å². The number of methoxy groups -OCH3 is 1. The second-order valence-electron chi connectivity index (χ2n) is 4.54. The summed E-state index contributed by atoms with van der Waals surface area (Å²) in [6.07, 6.45) is 2.58. The van der Waals surface area contributed by atoms with Gasteiger partial charge in [-0.3, -0.25) is 4.98 Å². The summed E-state index contributed by atoms with van der Waals surface area (Å²) in [4.78, 5) is 26.1. The summed E-state index contributed by atoms with van der Waals surface area (Å²) < 4.78 is 5.16.